The van der Waals surface area contributed by atoms with Crippen molar-refractivity contribution in [1.82, 2.24) is 0 Å². The highest BCUT2D eigenvalue weighted by Crippen LogP contribution is 2.19. The highest BCUT2D eigenvalue weighted by molar-refractivity contribution is 6.02. The molecule has 0 saturated carbocycles. The molecule has 0 amide bonds. The minimum Gasteiger partial charge on any atom is -0.382 e. The number of benzene rings is 2. The molecule has 30 heavy (non-hydrogen) atoms. The van der Waals surface area contributed by atoms with Crippen molar-refractivity contribution in [3.63, 3.8) is 0 Å². The zero-order valence-corrected chi connectivity index (χ0v) is 19.5. The van der Waals surface area contributed by atoms with Gasteiger partial charge in [0, 0.05) is 11.1 Å². The summed E-state index contributed by atoms with van der Waals surface area (Å²) in [5.41, 5.74) is 0.932. The van der Waals surface area contributed by atoms with Crippen LogP contribution in [0.5, 0.6) is 0 Å². The molecule has 0 spiro atoms. The maximum Gasteiger partial charge on any atom is 0.193 e. The average Bonchev–Trinajstić information content (AvgIpc) is 2.66. The molecule has 164 valence electrons. The molecule has 4 nitrogen and oxygen atoms in total. The van der Waals surface area contributed by atoms with E-state index in [9.17, 15) is 19.8 Å². The van der Waals surface area contributed by atoms with E-state index in [0.717, 1.165) is 0 Å². The average molecular weight is 413 g/mol. The fraction of sp³-hybridized carbons (Fsp3) is 0.462. The molecule has 2 aromatic carbocycles. The summed E-state index contributed by atoms with van der Waals surface area (Å²) < 4.78 is 0. The van der Waals surface area contributed by atoms with E-state index in [4.69, 9.17) is 0 Å². The zero-order valence-electron chi connectivity index (χ0n) is 19.5. The number of carbonyl (C=O) groups is 2. The Morgan fingerprint density at radius 1 is 0.600 bits per heavy atom. The smallest absolute Gasteiger partial charge is 0.193 e. The lowest BCUT2D eigenvalue weighted by molar-refractivity contribution is 0.0487. The van der Waals surface area contributed by atoms with E-state index in [2.05, 4.69) is 27.7 Å². The number of hydrogen-bond acceptors (Lipinski definition) is 4. The van der Waals surface area contributed by atoms with Crippen LogP contribution in [0, 0.1) is 0 Å². The molecule has 0 heterocycles. The van der Waals surface area contributed by atoms with Crippen LogP contribution >= 0.6 is 0 Å². The maximum absolute atomic E-state index is 11.7. The van der Waals surface area contributed by atoms with Crippen molar-refractivity contribution in [3.8, 4) is 0 Å². The van der Waals surface area contributed by atoms with Gasteiger partial charge in [-0.15, -0.1) is 0 Å². The first-order valence-electron chi connectivity index (χ1n) is 10.4. The molecule has 0 bridgehead atoms. The summed E-state index contributed by atoms with van der Waals surface area (Å²) in [5.74, 6) is 0.434. The molecule has 4 heteroatoms. The molecule has 0 aliphatic heterocycles. The van der Waals surface area contributed by atoms with Crippen LogP contribution in [0.25, 0.3) is 0 Å². The topological polar surface area (TPSA) is 74.6 Å². The lowest BCUT2D eigenvalue weighted by atomic mass is 9.94. The molecule has 0 unspecified atom stereocenters. The van der Waals surface area contributed by atoms with Crippen LogP contribution in [0.15, 0.2) is 48.5 Å². The Labute approximate surface area is 181 Å². The summed E-state index contributed by atoms with van der Waals surface area (Å²) in [7, 11) is 0. The highest BCUT2D eigenvalue weighted by Gasteiger charge is 2.25. The SMILES string of the molecule is CC(C)c1ccc(C(=O)C(C)(C)O)cc1.CC(C)c1ccc(C(=O)C(C)(C)O)cc1. The third kappa shape index (κ3) is 7.51. The van der Waals surface area contributed by atoms with Crippen molar-refractivity contribution < 1.29 is 19.8 Å². The second-order valence-corrected chi connectivity index (χ2v) is 9.33. The van der Waals surface area contributed by atoms with Gasteiger partial charge in [0.25, 0.3) is 0 Å². The molecule has 0 aliphatic carbocycles. The van der Waals surface area contributed by atoms with Crippen molar-refractivity contribution in [2.45, 2.75) is 78.4 Å². The predicted molar refractivity (Wildman–Crippen MR) is 122 cm³/mol. The van der Waals surface area contributed by atoms with Crippen LogP contribution in [-0.2, 0) is 0 Å². The van der Waals surface area contributed by atoms with Gasteiger partial charge in [-0.2, -0.15) is 0 Å². The Morgan fingerprint density at radius 3 is 1.00 bits per heavy atom. The first kappa shape index (κ1) is 25.7. The summed E-state index contributed by atoms with van der Waals surface area (Å²) in [4.78, 5) is 23.4. The van der Waals surface area contributed by atoms with E-state index >= 15 is 0 Å². The second kappa shape index (κ2) is 10.1. The number of rotatable bonds is 6. The van der Waals surface area contributed by atoms with Gasteiger partial charge in [0.1, 0.15) is 11.2 Å². The summed E-state index contributed by atoms with van der Waals surface area (Å²) >= 11 is 0. The molecule has 0 radical (unpaired) electrons. The van der Waals surface area contributed by atoms with E-state index in [0.29, 0.717) is 23.0 Å². The van der Waals surface area contributed by atoms with E-state index in [1.54, 1.807) is 24.3 Å². The highest BCUT2D eigenvalue weighted by atomic mass is 16.3. The number of aliphatic hydroxyl groups is 2. The van der Waals surface area contributed by atoms with Crippen LogP contribution in [0.2, 0.25) is 0 Å². The van der Waals surface area contributed by atoms with Gasteiger partial charge in [-0.3, -0.25) is 9.59 Å². The fourth-order valence-electron chi connectivity index (χ4n) is 2.75. The first-order valence-corrected chi connectivity index (χ1v) is 10.4. The zero-order chi connectivity index (χ0) is 23.3. The monoisotopic (exact) mass is 412 g/mol. The number of ketones is 2. The van der Waals surface area contributed by atoms with Crippen LogP contribution < -0.4 is 0 Å². The molecule has 0 atom stereocenters. The van der Waals surface area contributed by atoms with Crippen LogP contribution in [-0.4, -0.2) is 33.0 Å². The van der Waals surface area contributed by atoms with Gasteiger partial charge in [0.05, 0.1) is 0 Å². The van der Waals surface area contributed by atoms with Crippen molar-refractivity contribution >= 4 is 11.6 Å². The molecule has 2 rings (SSSR count). The maximum atomic E-state index is 11.7. The van der Waals surface area contributed by atoms with Crippen molar-refractivity contribution in [3.05, 3.63) is 70.8 Å². The lowest BCUT2D eigenvalue weighted by Crippen LogP contribution is -2.31. The third-order valence-corrected chi connectivity index (χ3v) is 4.79. The summed E-state index contributed by atoms with van der Waals surface area (Å²) in [6.45, 7) is 14.4. The summed E-state index contributed by atoms with van der Waals surface area (Å²) in [6.07, 6.45) is 0. The van der Waals surface area contributed by atoms with Gasteiger partial charge in [-0.25, -0.2) is 0 Å². The number of hydrogen-bond donors (Lipinski definition) is 2. The van der Waals surface area contributed by atoms with Gasteiger partial charge in [-0.1, -0.05) is 76.2 Å². The van der Waals surface area contributed by atoms with Gasteiger partial charge in [0.15, 0.2) is 11.6 Å². The molecule has 0 aliphatic rings. The Morgan fingerprint density at radius 2 is 0.833 bits per heavy atom. The van der Waals surface area contributed by atoms with Gasteiger partial charge in [-0.05, 0) is 50.7 Å². The third-order valence-electron chi connectivity index (χ3n) is 4.79. The largest absolute Gasteiger partial charge is 0.382 e. The summed E-state index contributed by atoms with van der Waals surface area (Å²) in [5, 5.41) is 19.1. The van der Waals surface area contributed by atoms with Gasteiger partial charge >= 0.3 is 0 Å². The quantitative estimate of drug-likeness (QED) is 0.612. The predicted octanol–water partition coefficient (Wildman–Crippen LogP) is 5.53. The minimum absolute atomic E-state index is 0.238. The molecule has 0 saturated heterocycles. The summed E-state index contributed by atoms with van der Waals surface area (Å²) in [6, 6.07) is 14.8. The molecular weight excluding hydrogens is 376 g/mol. The van der Waals surface area contributed by atoms with Gasteiger partial charge in [0.2, 0.25) is 0 Å². The standard InChI is InChI=1S/2C13H18O2/c2*1-9(2)10-5-7-11(8-6-10)12(14)13(3,4)15/h2*5-9,15H,1-4H3. The van der Waals surface area contributed by atoms with E-state index in [1.165, 1.54) is 38.8 Å². The Hall–Kier alpha value is -2.30. The molecule has 0 aromatic heterocycles. The Kier molecular flexibility index (Phi) is 8.70. The van der Waals surface area contributed by atoms with Crippen LogP contribution in [0.3, 0.4) is 0 Å². The fourth-order valence-corrected chi connectivity index (χ4v) is 2.75. The van der Waals surface area contributed by atoms with Crippen molar-refractivity contribution in [2.24, 2.45) is 0 Å². The Bertz CT molecular complexity index is 757. The molecule has 2 aromatic rings. The molecule has 0 fully saturated rings. The number of carbonyl (C=O) groups excluding carboxylic acids is 2. The lowest BCUT2D eigenvalue weighted by Gasteiger charge is -2.15. The van der Waals surface area contributed by atoms with E-state index < -0.39 is 11.2 Å². The second-order valence-electron chi connectivity index (χ2n) is 9.33. The van der Waals surface area contributed by atoms with Crippen molar-refractivity contribution in [1.29, 1.82) is 0 Å². The van der Waals surface area contributed by atoms with E-state index in [1.807, 2.05) is 24.3 Å². The molecule has 2 N–H and O–H groups in total. The van der Waals surface area contributed by atoms with Crippen molar-refractivity contribution in [2.75, 3.05) is 0 Å². The van der Waals surface area contributed by atoms with Gasteiger partial charge < -0.3 is 10.2 Å². The number of Topliss-reactive ketones (excluding diaryl/α,β-unsaturated/α-hetero) is 2. The normalized spacial score (nSPS) is 11.9. The Balaban J connectivity index is 0.000000300. The minimum atomic E-state index is -1.29. The van der Waals surface area contributed by atoms with E-state index in [-0.39, 0.29) is 11.6 Å². The van der Waals surface area contributed by atoms with Crippen LogP contribution in [0.4, 0.5) is 0 Å². The first-order chi connectivity index (χ1) is 13.6. The van der Waals surface area contributed by atoms with Crippen LogP contribution in [0.1, 0.15) is 99.1 Å². The molecular formula is C26H36O4.